The number of fused-ring (bicyclic) bond motifs is 1. The summed E-state index contributed by atoms with van der Waals surface area (Å²) in [5.41, 5.74) is 4.77. The molecule has 0 saturated heterocycles. The van der Waals surface area contributed by atoms with E-state index < -0.39 is 0 Å². The van der Waals surface area contributed by atoms with E-state index in [9.17, 15) is 9.59 Å². The lowest BCUT2D eigenvalue weighted by atomic mass is 10.0. The summed E-state index contributed by atoms with van der Waals surface area (Å²) in [6.45, 7) is 11.0. The SMILES string of the molecule is CCN(CC)C(=O)c1nc(C(=O)Nc2c(C)cc(C)cc2C)c2ccccn12. The minimum Gasteiger partial charge on any atom is -0.337 e. The van der Waals surface area contributed by atoms with Gasteiger partial charge < -0.3 is 10.2 Å². The summed E-state index contributed by atoms with van der Waals surface area (Å²) >= 11 is 0. The van der Waals surface area contributed by atoms with Crippen molar-refractivity contribution in [2.75, 3.05) is 18.4 Å². The maximum atomic E-state index is 13.1. The van der Waals surface area contributed by atoms with Crippen LogP contribution in [0, 0.1) is 20.8 Å². The molecule has 0 bridgehead atoms. The van der Waals surface area contributed by atoms with E-state index in [2.05, 4.69) is 10.3 Å². The van der Waals surface area contributed by atoms with Gasteiger partial charge in [-0.2, -0.15) is 0 Å². The Balaban J connectivity index is 2.04. The largest absolute Gasteiger partial charge is 0.337 e. The number of aryl methyl sites for hydroxylation is 3. The number of amides is 2. The number of nitrogens with one attached hydrogen (secondary N) is 1. The first-order chi connectivity index (χ1) is 13.4. The van der Waals surface area contributed by atoms with Gasteiger partial charge in [0.25, 0.3) is 11.8 Å². The van der Waals surface area contributed by atoms with Crippen LogP contribution >= 0.6 is 0 Å². The van der Waals surface area contributed by atoms with Crippen molar-refractivity contribution >= 4 is 23.0 Å². The molecule has 1 N–H and O–H groups in total. The van der Waals surface area contributed by atoms with Gasteiger partial charge in [0.05, 0.1) is 5.52 Å². The number of carbonyl (C=O) groups excluding carboxylic acids is 2. The van der Waals surface area contributed by atoms with Gasteiger partial charge in [-0.3, -0.25) is 14.0 Å². The molecule has 3 rings (SSSR count). The Kier molecular flexibility index (Phi) is 5.49. The molecule has 146 valence electrons. The lowest BCUT2D eigenvalue weighted by Gasteiger charge is -2.17. The van der Waals surface area contributed by atoms with Crippen LogP contribution < -0.4 is 5.32 Å². The molecule has 0 radical (unpaired) electrons. The van der Waals surface area contributed by atoms with E-state index in [4.69, 9.17) is 0 Å². The molecule has 0 spiro atoms. The molecule has 0 fully saturated rings. The zero-order valence-electron chi connectivity index (χ0n) is 17.0. The molecule has 3 aromatic rings. The first-order valence-electron chi connectivity index (χ1n) is 9.52. The molecule has 0 aliphatic rings. The van der Waals surface area contributed by atoms with E-state index >= 15 is 0 Å². The molecule has 0 unspecified atom stereocenters. The Hall–Kier alpha value is -3.15. The number of aromatic nitrogens is 2. The Morgan fingerprint density at radius 2 is 1.71 bits per heavy atom. The fourth-order valence-electron chi connectivity index (χ4n) is 3.56. The Bertz CT molecular complexity index is 1020. The third kappa shape index (κ3) is 3.50. The first-order valence-corrected chi connectivity index (χ1v) is 9.52. The van der Waals surface area contributed by atoms with Gasteiger partial charge in [0, 0.05) is 25.0 Å². The van der Waals surface area contributed by atoms with Crippen LogP contribution in [-0.2, 0) is 0 Å². The minimum absolute atomic E-state index is 0.187. The highest BCUT2D eigenvalue weighted by Gasteiger charge is 2.24. The predicted molar refractivity (Wildman–Crippen MR) is 111 cm³/mol. The molecular formula is C22H26N4O2. The fraction of sp³-hybridized carbons (Fsp3) is 0.318. The topological polar surface area (TPSA) is 66.7 Å². The van der Waals surface area contributed by atoms with Crippen LogP contribution in [-0.4, -0.2) is 39.2 Å². The van der Waals surface area contributed by atoms with Crippen LogP contribution in [0.1, 0.15) is 51.6 Å². The average Bonchev–Trinajstić information content (AvgIpc) is 3.05. The van der Waals surface area contributed by atoms with Crippen LogP contribution in [0.2, 0.25) is 0 Å². The van der Waals surface area contributed by atoms with Gasteiger partial charge in [0.2, 0.25) is 5.82 Å². The summed E-state index contributed by atoms with van der Waals surface area (Å²) in [5, 5.41) is 2.98. The van der Waals surface area contributed by atoms with Crippen molar-refractivity contribution in [3.63, 3.8) is 0 Å². The molecule has 0 aliphatic carbocycles. The molecule has 0 aliphatic heterocycles. The second-order valence-corrected chi connectivity index (χ2v) is 6.95. The van der Waals surface area contributed by atoms with Crippen LogP contribution in [0.25, 0.3) is 5.52 Å². The van der Waals surface area contributed by atoms with Crippen molar-refractivity contribution in [1.82, 2.24) is 14.3 Å². The number of rotatable bonds is 5. The molecular weight excluding hydrogens is 352 g/mol. The van der Waals surface area contributed by atoms with E-state index in [1.54, 1.807) is 21.6 Å². The highest BCUT2D eigenvalue weighted by atomic mass is 16.2. The lowest BCUT2D eigenvalue weighted by Crippen LogP contribution is -2.32. The van der Waals surface area contributed by atoms with Crippen molar-refractivity contribution in [2.24, 2.45) is 0 Å². The van der Waals surface area contributed by atoms with Gasteiger partial charge in [0.15, 0.2) is 5.69 Å². The summed E-state index contributed by atoms with van der Waals surface area (Å²) < 4.78 is 1.68. The van der Waals surface area contributed by atoms with Crippen molar-refractivity contribution in [3.05, 3.63) is 64.7 Å². The molecule has 2 heterocycles. The number of hydrogen-bond acceptors (Lipinski definition) is 3. The second-order valence-electron chi connectivity index (χ2n) is 6.95. The van der Waals surface area contributed by atoms with Crippen molar-refractivity contribution in [3.8, 4) is 0 Å². The number of benzene rings is 1. The standard InChI is InChI=1S/C22H26N4O2/c1-6-25(7-2)22(28)20-23-19(17-10-8-9-11-26(17)20)21(27)24-18-15(4)12-14(3)13-16(18)5/h8-13H,6-7H2,1-5H3,(H,24,27). The quantitative estimate of drug-likeness (QED) is 0.730. The third-order valence-corrected chi connectivity index (χ3v) is 4.92. The summed E-state index contributed by atoms with van der Waals surface area (Å²) in [5.74, 6) is -0.257. The maximum Gasteiger partial charge on any atom is 0.290 e. The zero-order chi connectivity index (χ0) is 20.4. The van der Waals surface area contributed by atoms with E-state index in [0.29, 0.717) is 18.6 Å². The molecule has 2 aromatic heterocycles. The molecule has 1 aromatic carbocycles. The number of nitrogens with zero attached hydrogens (tertiary/aromatic N) is 3. The summed E-state index contributed by atoms with van der Waals surface area (Å²) in [4.78, 5) is 32.1. The van der Waals surface area contributed by atoms with E-state index in [1.807, 2.05) is 58.9 Å². The molecule has 28 heavy (non-hydrogen) atoms. The van der Waals surface area contributed by atoms with Crippen molar-refractivity contribution in [1.29, 1.82) is 0 Å². The molecule has 0 saturated carbocycles. The molecule has 6 heteroatoms. The monoisotopic (exact) mass is 378 g/mol. The molecule has 2 amide bonds. The summed E-state index contributed by atoms with van der Waals surface area (Å²) in [7, 11) is 0. The highest BCUT2D eigenvalue weighted by molar-refractivity contribution is 6.09. The average molecular weight is 378 g/mol. The lowest BCUT2D eigenvalue weighted by molar-refractivity contribution is 0.0760. The first kappa shape index (κ1) is 19.6. The van der Waals surface area contributed by atoms with Gasteiger partial charge in [-0.25, -0.2) is 4.98 Å². The normalized spacial score (nSPS) is 10.9. The summed E-state index contributed by atoms with van der Waals surface area (Å²) in [6.07, 6.45) is 1.76. The van der Waals surface area contributed by atoms with Crippen LogP contribution in [0.3, 0.4) is 0 Å². The van der Waals surface area contributed by atoms with Gasteiger partial charge in [-0.15, -0.1) is 0 Å². The minimum atomic E-state index is -0.322. The Morgan fingerprint density at radius 1 is 1.07 bits per heavy atom. The fourth-order valence-corrected chi connectivity index (χ4v) is 3.56. The number of pyridine rings is 1. The van der Waals surface area contributed by atoms with E-state index in [-0.39, 0.29) is 23.3 Å². The van der Waals surface area contributed by atoms with Crippen molar-refractivity contribution < 1.29 is 9.59 Å². The Morgan fingerprint density at radius 3 is 2.32 bits per heavy atom. The van der Waals surface area contributed by atoms with Crippen LogP contribution in [0.4, 0.5) is 5.69 Å². The van der Waals surface area contributed by atoms with E-state index in [1.165, 1.54) is 0 Å². The third-order valence-electron chi connectivity index (χ3n) is 4.92. The summed E-state index contributed by atoms with van der Waals surface area (Å²) in [6, 6.07) is 9.52. The van der Waals surface area contributed by atoms with Gasteiger partial charge >= 0.3 is 0 Å². The predicted octanol–water partition coefficient (Wildman–Crippen LogP) is 3.99. The highest BCUT2D eigenvalue weighted by Crippen LogP contribution is 2.23. The van der Waals surface area contributed by atoms with Gasteiger partial charge in [0.1, 0.15) is 0 Å². The van der Waals surface area contributed by atoms with Crippen LogP contribution in [0.15, 0.2) is 36.5 Å². The molecule has 6 nitrogen and oxygen atoms in total. The number of imidazole rings is 1. The number of carbonyl (C=O) groups is 2. The van der Waals surface area contributed by atoms with Crippen LogP contribution in [0.5, 0.6) is 0 Å². The number of anilines is 1. The van der Waals surface area contributed by atoms with E-state index in [0.717, 1.165) is 22.4 Å². The van der Waals surface area contributed by atoms with Gasteiger partial charge in [-0.05, 0) is 57.9 Å². The Labute approximate surface area is 165 Å². The smallest absolute Gasteiger partial charge is 0.290 e. The molecule has 0 atom stereocenters. The second kappa shape index (κ2) is 7.84. The zero-order valence-corrected chi connectivity index (χ0v) is 17.0. The van der Waals surface area contributed by atoms with Gasteiger partial charge in [-0.1, -0.05) is 23.8 Å². The number of hydrogen-bond donors (Lipinski definition) is 1. The van der Waals surface area contributed by atoms with Crippen molar-refractivity contribution in [2.45, 2.75) is 34.6 Å². The maximum absolute atomic E-state index is 13.1.